The van der Waals surface area contributed by atoms with E-state index in [4.69, 9.17) is 30.8 Å². The van der Waals surface area contributed by atoms with E-state index >= 15 is 0 Å². The van der Waals surface area contributed by atoms with E-state index in [1.165, 1.54) is 0 Å². The first-order valence-corrected chi connectivity index (χ1v) is 11.0. The summed E-state index contributed by atoms with van der Waals surface area (Å²) >= 11 is 6.04. The molecule has 0 amide bonds. The summed E-state index contributed by atoms with van der Waals surface area (Å²) in [7, 11) is 4.71. The topological polar surface area (TPSA) is 78.4 Å². The maximum absolute atomic E-state index is 6.04. The van der Waals surface area contributed by atoms with Crippen molar-refractivity contribution in [3.8, 4) is 28.6 Å². The number of rotatable bonds is 8. The molecule has 8 heteroatoms. The largest absolute Gasteiger partial charge is 0.493 e. The van der Waals surface area contributed by atoms with Gasteiger partial charge in [0.05, 0.1) is 21.3 Å². The maximum atomic E-state index is 6.04. The van der Waals surface area contributed by atoms with Crippen LogP contribution in [0.3, 0.4) is 0 Å². The number of anilines is 2. The summed E-state index contributed by atoms with van der Waals surface area (Å²) in [6, 6.07) is 19.3. The van der Waals surface area contributed by atoms with Gasteiger partial charge in [0.2, 0.25) is 11.7 Å². The van der Waals surface area contributed by atoms with Gasteiger partial charge in [0.25, 0.3) is 0 Å². The molecule has 4 aromatic rings. The van der Waals surface area contributed by atoms with Gasteiger partial charge in [-0.15, -0.1) is 0 Å². The Balaban J connectivity index is 1.74. The second-order valence-corrected chi connectivity index (χ2v) is 8.04. The molecule has 3 aromatic carbocycles. The molecule has 0 spiro atoms. The molecule has 1 N–H and O–H groups in total. The standard InChI is InChI=1S/C26H25ClN4O3/c1-16-5-9-18(10-6-16)25-29-23(13-17-7-11-19(27)12-8-17)30-26(31-25)28-20-14-21(32-2)24(34-4)22(15-20)33-3/h5-12,14-15H,13H2,1-4H3,(H,28,29,30,31). The van der Waals surface area contributed by atoms with E-state index < -0.39 is 0 Å². The van der Waals surface area contributed by atoms with Crippen LogP contribution in [0.1, 0.15) is 17.0 Å². The van der Waals surface area contributed by atoms with Crippen LogP contribution in [0.25, 0.3) is 11.4 Å². The Morgan fingerprint density at radius 1 is 0.794 bits per heavy atom. The number of nitrogens with zero attached hydrogens (tertiary/aromatic N) is 3. The van der Waals surface area contributed by atoms with Gasteiger partial charge in [0, 0.05) is 34.8 Å². The Morgan fingerprint density at radius 2 is 1.44 bits per heavy atom. The molecular weight excluding hydrogens is 452 g/mol. The minimum absolute atomic E-state index is 0.406. The summed E-state index contributed by atoms with van der Waals surface area (Å²) < 4.78 is 16.3. The lowest BCUT2D eigenvalue weighted by atomic mass is 10.1. The Labute approximate surface area is 203 Å². The van der Waals surface area contributed by atoms with Crippen LogP contribution < -0.4 is 19.5 Å². The Kier molecular flexibility index (Phi) is 7.13. The van der Waals surface area contributed by atoms with E-state index in [9.17, 15) is 0 Å². The summed E-state index contributed by atoms with van der Waals surface area (Å²) in [6.07, 6.45) is 0.530. The van der Waals surface area contributed by atoms with Crippen molar-refractivity contribution in [1.82, 2.24) is 15.0 Å². The molecule has 0 fully saturated rings. The highest BCUT2D eigenvalue weighted by atomic mass is 35.5. The van der Waals surface area contributed by atoms with Crippen molar-refractivity contribution in [2.24, 2.45) is 0 Å². The fraction of sp³-hybridized carbons (Fsp3) is 0.192. The molecule has 174 valence electrons. The highest BCUT2D eigenvalue weighted by Gasteiger charge is 2.15. The molecule has 0 bridgehead atoms. The van der Waals surface area contributed by atoms with Crippen LogP contribution in [-0.2, 0) is 6.42 Å². The molecule has 4 rings (SSSR count). The number of hydrogen-bond donors (Lipinski definition) is 1. The van der Waals surface area contributed by atoms with Gasteiger partial charge in [0.15, 0.2) is 17.3 Å². The zero-order chi connectivity index (χ0) is 24.1. The summed E-state index contributed by atoms with van der Waals surface area (Å²) in [4.78, 5) is 14.1. The molecule has 7 nitrogen and oxygen atoms in total. The number of ether oxygens (including phenoxy) is 3. The lowest BCUT2D eigenvalue weighted by molar-refractivity contribution is 0.324. The number of halogens is 1. The molecule has 0 aliphatic rings. The minimum atomic E-state index is 0.406. The van der Waals surface area contributed by atoms with Crippen LogP contribution in [0.2, 0.25) is 5.02 Å². The van der Waals surface area contributed by atoms with Crippen LogP contribution in [0.5, 0.6) is 17.2 Å². The Bertz CT molecular complexity index is 1250. The monoisotopic (exact) mass is 476 g/mol. The number of aromatic nitrogens is 3. The van der Waals surface area contributed by atoms with Gasteiger partial charge >= 0.3 is 0 Å². The normalized spacial score (nSPS) is 10.6. The molecule has 1 aromatic heterocycles. The van der Waals surface area contributed by atoms with Gasteiger partial charge in [-0.3, -0.25) is 0 Å². The van der Waals surface area contributed by atoms with Crippen molar-refractivity contribution < 1.29 is 14.2 Å². The number of nitrogens with one attached hydrogen (secondary N) is 1. The smallest absolute Gasteiger partial charge is 0.231 e. The van der Waals surface area contributed by atoms with Crippen molar-refractivity contribution in [1.29, 1.82) is 0 Å². The zero-order valence-electron chi connectivity index (χ0n) is 19.4. The van der Waals surface area contributed by atoms with Gasteiger partial charge in [0.1, 0.15) is 5.82 Å². The lowest BCUT2D eigenvalue weighted by Crippen LogP contribution is -2.07. The molecule has 0 saturated heterocycles. The summed E-state index contributed by atoms with van der Waals surface area (Å²) in [5.74, 6) is 3.17. The van der Waals surface area contributed by atoms with Crippen LogP contribution in [0, 0.1) is 6.92 Å². The van der Waals surface area contributed by atoms with Crippen molar-refractivity contribution in [3.05, 3.63) is 82.6 Å². The summed E-state index contributed by atoms with van der Waals surface area (Å²) in [5.41, 5.74) is 3.80. The van der Waals surface area contributed by atoms with E-state index in [1.807, 2.05) is 55.5 Å². The first kappa shape index (κ1) is 23.3. The van der Waals surface area contributed by atoms with E-state index in [1.54, 1.807) is 33.5 Å². The Hall–Kier alpha value is -3.84. The first-order chi connectivity index (χ1) is 16.5. The lowest BCUT2D eigenvalue weighted by Gasteiger charge is -2.15. The van der Waals surface area contributed by atoms with E-state index in [0.29, 0.717) is 52.0 Å². The van der Waals surface area contributed by atoms with Crippen LogP contribution in [-0.4, -0.2) is 36.3 Å². The van der Waals surface area contributed by atoms with Gasteiger partial charge in [-0.1, -0.05) is 53.6 Å². The molecule has 0 aliphatic heterocycles. The molecule has 34 heavy (non-hydrogen) atoms. The molecular formula is C26H25ClN4O3. The number of hydrogen-bond acceptors (Lipinski definition) is 7. The van der Waals surface area contributed by atoms with Crippen LogP contribution in [0.15, 0.2) is 60.7 Å². The fourth-order valence-corrected chi connectivity index (χ4v) is 3.58. The first-order valence-electron chi connectivity index (χ1n) is 10.6. The van der Waals surface area contributed by atoms with E-state index in [0.717, 1.165) is 16.7 Å². The molecule has 0 saturated carbocycles. The predicted octanol–water partition coefficient (Wildman–Crippen LogP) is 5.86. The fourth-order valence-electron chi connectivity index (χ4n) is 3.45. The van der Waals surface area contributed by atoms with Gasteiger partial charge in [-0.2, -0.15) is 9.97 Å². The molecule has 1 heterocycles. The number of methoxy groups -OCH3 is 3. The third-order valence-electron chi connectivity index (χ3n) is 5.19. The third-order valence-corrected chi connectivity index (χ3v) is 5.44. The molecule has 0 aliphatic carbocycles. The molecule has 0 atom stereocenters. The highest BCUT2D eigenvalue weighted by molar-refractivity contribution is 6.30. The number of benzene rings is 3. The molecule has 0 unspecified atom stereocenters. The zero-order valence-corrected chi connectivity index (χ0v) is 20.2. The third kappa shape index (κ3) is 5.38. The van der Waals surface area contributed by atoms with Crippen molar-refractivity contribution >= 4 is 23.2 Å². The minimum Gasteiger partial charge on any atom is -0.493 e. The number of aryl methyl sites for hydroxylation is 1. The highest BCUT2D eigenvalue weighted by Crippen LogP contribution is 2.40. The van der Waals surface area contributed by atoms with Crippen molar-refractivity contribution in [3.63, 3.8) is 0 Å². The summed E-state index contributed by atoms with van der Waals surface area (Å²) in [6.45, 7) is 2.04. The quantitative estimate of drug-likeness (QED) is 0.341. The van der Waals surface area contributed by atoms with E-state index in [2.05, 4.69) is 15.3 Å². The van der Waals surface area contributed by atoms with Gasteiger partial charge in [-0.25, -0.2) is 4.98 Å². The van der Waals surface area contributed by atoms with Gasteiger partial charge < -0.3 is 19.5 Å². The average molecular weight is 477 g/mol. The van der Waals surface area contributed by atoms with Crippen molar-refractivity contribution in [2.75, 3.05) is 26.6 Å². The van der Waals surface area contributed by atoms with Crippen LogP contribution in [0.4, 0.5) is 11.6 Å². The van der Waals surface area contributed by atoms with E-state index in [-0.39, 0.29) is 0 Å². The van der Waals surface area contributed by atoms with Gasteiger partial charge in [-0.05, 0) is 24.6 Å². The second-order valence-electron chi connectivity index (χ2n) is 7.61. The SMILES string of the molecule is COc1cc(Nc2nc(Cc3ccc(Cl)cc3)nc(-c3ccc(C)cc3)n2)cc(OC)c1OC. The summed E-state index contributed by atoms with van der Waals surface area (Å²) in [5, 5.41) is 3.95. The molecule has 0 radical (unpaired) electrons. The maximum Gasteiger partial charge on any atom is 0.231 e. The second kappa shape index (κ2) is 10.4. The van der Waals surface area contributed by atoms with Crippen LogP contribution >= 0.6 is 11.6 Å². The van der Waals surface area contributed by atoms with Crippen molar-refractivity contribution in [2.45, 2.75) is 13.3 Å². The Morgan fingerprint density at radius 3 is 2.03 bits per heavy atom. The average Bonchev–Trinajstić information content (AvgIpc) is 2.85. The predicted molar refractivity (Wildman–Crippen MR) is 134 cm³/mol.